The number of benzene rings is 2. The Morgan fingerprint density at radius 2 is 1.94 bits per heavy atom. The molecule has 6 nitrogen and oxygen atoms in total. The van der Waals surface area contributed by atoms with Crippen molar-refractivity contribution in [3.8, 4) is 17.2 Å². The van der Waals surface area contributed by atoms with Gasteiger partial charge in [0, 0.05) is 30.0 Å². The largest absolute Gasteiger partial charge is 0.493 e. The topological polar surface area (TPSA) is 81.8 Å². The summed E-state index contributed by atoms with van der Waals surface area (Å²) in [5.41, 5.74) is 3.61. The van der Waals surface area contributed by atoms with Crippen molar-refractivity contribution in [3.05, 3.63) is 70.1 Å². The van der Waals surface area contributed by atoms with Crippen LogP contribution in [0.4, 0.5) is 0 Å². The number of carboxylic acids is 1. The van der Waals surface area contributed by atoms with Crippen molar-refractivity contribution >= 4 is 17.6 Å². The molecule has 31 heavy (non-hydrogen) atoms. The molecule has 0 aliphatic carbocycles. The lowest BCUT2D eigenvalue weighted by Gasteiger charge is -2.15. The molecule has 3 aromatic rings. The molecule has 0 aliphatic rings. The Hall–Kier alpha value is -2.83. The zero-order valence-electron chi connectivity index (χ0n) is 17.9. The van der Waals surface area contributed by atoms with Crippen molar-refractivity contribution < 1.29 is 23.8 Å². The zero-order valence-corrected chi connectivity index (χ0v) is 18.6. The van der Waals surface area contributed by atoms with Gasteiger partial charge in [-0.25, -0.2) is 9.78 Å². The van der Waals surface area contributed by atoms with Gasteiger partial charge < -0.3 is 19.0 Å². The zero-order chi connectivity index (χ0) is 22.4. The average molecular weight is 444 g/mol. The minimum atomic E-state index is -0.956. The van der Waals surface area contributed by atoms with E-state index in [9.17, 15) is 9.90 Å². The number of halogens is 1. The summed E-state index contributed by atoms with van der Waals surface area (Å²) in [6.07, 6.45) is 0.0798. The number of ether oxygens (including phenoxy) is 2. The van der Waals surface area contributed by atoms with E-state index in [0.29, 0.717) is 37.0 Å². The van der Waals surface area contributed by atoms with Crippen molar-refractivity contribution in [3.63, 3.8) is 0 Å². The van der Waals surface area contributed by atoms with E-state index >= 15 is 0 Å². The van der Waals surface area contributed by atoms with E-state index in [1.807, 2.05) is 44.2 Å². The third kappa shape index (κ3) is 6.09. The predicted octanol–water partition coefficient (Wildman–Crippen LogP) is 5.27. The monoisotopic (exact) mass is 443 g/mol. The highest BCUT2D eigenvalue weighted by Gasteiger charge is 2.19. The minimum absolute atomic E-state index is 0.320. The summed E-state index contributed by atoms with van der Waals surface area (Å²) in [6, 6.07) is 13.0. The first-order valence-corrected chi connectivity index (χ1v) is 10.5. The molecule has 0 unspecified atom stereocenters. The maximum absolute atomic E-state index is 11.3. The van der Waals surface area contributed by atoms with Crippen molar-refractivity contribution in [2.75, 3.05) is 13.2 Å². The molecular weight excluding hydrogens is 418 g/mol. The van der Waals surface area contributed by atoms with E-state index in [2.05, 4.69) is 4.98 Å². The van der Waals surface area contributed by atoms with E-state index in [1.165, 1.54) is 0 Å². The molecule has 164 valence electrons. The minimum Gasteiger partial charge on any atom is -0.493 e. The van der Waals surface area contributed by atoms with Gasteiger partial charge in [-0.05, 0) is 68.3 Å². The lowest BCUT2D eigenvalue weighted by molar-refractivity contribution is -0.149. The number of rotatable bonds is 10. The maximum Gasteiger partial charge on any atom is 0.333 e. The van der Waals surface area contributed by atoms with Crippen molar-refractivity contribution in [1.29, 1.82) is 0 Å². The van der Waals surface area contributed by atoms with Gasteiger partial charge in [-0.3, -0.25) is 0 Å². The van der Waals surface area contributed by atoms with Crippen LogP contribution in [-0.2, 0) is 22.4 Å². The van der Waals surface area contributed by atoms with E-state index in [-0.39, 0.29) is 0 Å². The highest BCUT2D eigenvalue weighted by molar-refractivity contribution is 6.30. The second-order valence-corrected chi connectivity index (χ2v) is 7.64. The fourth-order valence-corrected chi connectivity index (χ4v) is 3.37. The normalized spacial score (nSPS) is 12.0. The van der Waals surface area contributed by atoms with Gasteiger partial charge in [-0.2, -0.15) is 0 Å². The molecule has 3 rings (SSSR count). The number of aromatic nitrogens is 1. The van der Waals surface area contributed by atoms with Crippen LogP contribution in [0.1, 0.15) is 29.5 Å². The highest BCUT2D eigenvalue weighted by atomic mass is 35.5. The fraction of sp³-hybridized carbons (Fsp3) is 0.333. The molecule has 0 radical (unpaired) electrons. The van der Waals surface area contributed by atoms with Gasteiger partial charge in [0.05, 0.1) is 12.3 Å². The van der Waals surface area contributed by atoms with Crippen LogP contribution in [-0.4, -0.2) is 35.4 Å². The number of carbonyl (C=O) groups is 1. The first-order chi connectivity index (χ1) is 14.9. The van der Waals surface area contributed by atoms with E-state index in [4.69, 9.17) is 25.5 Å². The predicted molar refractivity (Wildman–Crippen MR) is 119 cm³/mol. The molecule has 1 heterocycles. The fourth-order valence-electron chi connectivity index (χ4n) is 3.25. The summed E-state index contributed by atoms with van der Waals surface area (Å²) < 4.78 is 17.0. The summed E-state index contributed by atoms with van der Waals surface area (Å²) >= 11 is 5.94. The van der Waals surface area contributed by atoms with E-state index in [1.54, 1.807) is 19.1 Å². The Kier molecular flexibility index (Phi) is 7.71. The molecule has 0 saturated carbocycles. The quantitative estimate of drug-likeness (QED) is 0.460. The molecule has 0 amide bonds. The number of aryl methyl sites for hydroxylation is 2. The van der Waals surface area contributed by atoms with Crippen LogP contribution in [0.2, 0.25) is 5.02 Å². The number of oxazole rings is 1. The van der Waals surface area contributed by atoms with Crippen LogP contribution in [0.5, 0.6) is 5.75 Å². The second-order valence-electron chi connectivity index (χ2n) is 7.20. The Morgan fingerprint density at radius 3 is 2.58 bits per heavy atom. The number of hydrogen-bond acceptors (Lipinski definition) is 5. The van der Waals surface area contributed by atoms with Gasteiger partial charge in [0.25, 0.3) is 0 Å². The number of aliphatic carboxylic acids is 1. The van der Waals surface area contributed by atoms with Crippen LogP contribution >= 0.6 is 11.6 Å². The number of hydrogen-bond donors (Lipinski definition) is 1. The van der Waals surface area contributed by atoms with Gasteiger partial charge in [-0.1, -0.05) is 17.7 Å². The average Bonchev–Trinajstić information content (AvgIpc) is 3.10. The molecule has 1 aromatic heterocycles. The molecule has 0 saturated heterocycles. The molecular formula is C24H26ClNO5. The van der Waals surface area contributed by atoms with Crippen LogP contribution < -0.4 is 4.74 Å². The van der Waals surface area contributed by atoms with Crippen LogP contribution in [0.15, 0.2) is 46.9 Å². The molecule has 0 aliphatic heterocycles. The van der Waals surface area contributed by atoms with E-state index in [0.717, 1.165) is 33.9 Å². The summed E-state index contributed by atoms with van der Waals surface area (Å²) in [6.45, 7) is 6.42. The standard InChI is InChI=1S/C24H26ClNO5/c1-4-29-22(24(27)28)14-18-7-10-20(13-15(18)2)30-12-11-21-16(3)31-23(26-21)17-5-8-19(25)9-6-17/h5-10,13,22H,4,11-12,14H2,1-3H3,(H,27,28)/t22-/m0/s1. The summed E-state index contributed by atoms with van der Waals surface area (Å²) in [4.78, 5) is 15.9. The van der Waals surface area contributed by atoms with E-state index < -0.39 is 12.1 Å². The summed E-state index contributed by atoms with van der Waals surface area (Å²) in [7, 11) is 0. The molecule has 7 heteroatoms. The van der Waals surface area contributed by atoms with Crippen LogP contribution in [0.25, 0.3) is 11.5 Å². The first kappa shape index (κ1) is 22.8. The highest BCUT2D eigenvalue weighted by Crippen LogP contribution is 2.24. The van der Waals surface area contributed by atoms with Crippen LogP contribution in [0, 0.1) is 13.8 Å². The summed E-state index contributed by atoms with van der Waals surface area (Å²) in [5.74, 6) is 1.09. The smallest absolute Gasteiger partial charge is 0.333 e. The Labute approximate surface area is 186 Å². The number of nitrogens with zero attached hydrogens (tertiary/aromatic N) is 1. The SMILES string of the molecule is CCO[C@@H](Cc1ccc(OCCc2nc(-c3ccc(Cl)cc3)oc2C)cc1C)C(=O)O. The second kappa shape index (κ2) is 10.5. The molecule has 1 N–H and O–H groups in total. The number of carboxylic acid groups (broad SMARTS) is 1. The third-order valence-electron chi connectivity index (χ3n) is 4.95. The van der Waals surface area contributed by atoms with Gasteiger partial charge >= 0.3 is 5.97 Å². The van der Waals surface area contributed by atoms with Crippen molar-refractivity contribution in [1.82, 2.24) is 4.98 Å². The van der Waals surface area contributed by atoms with Crippen molar-refractivity contribution in [2.24, 2.45) is 0 Å². The lowest BCUT2D eigenvalue weighted by Crippen LogP contribution is -2.26. The Bertz CT molecular complexity index is 1030. The lowest BCUT2D eigenvalue weighted by atomic mass is 10.0. The molecule has 0 spiro atoms. The Morgan fingerprint density at radius 1 is 1.19 bits per heavy atom. The molecule has 0 bridgehead atoms. The summed E-state index contributed by atoms with van der Waals surface area (Å²) in [5, 5.41) is 9.94. The molecule has 1 atom stereocenters. The van der Waals surface area contributed by atoms with Crippen LogP contribution in [0.3, 0.4) is 0 Å². The maximum atomic E-state index is 11.3. The molecule has 0 fully saturated rings. The Balaban J connectivity index is 1.59. The van der Waals surface area contributed by atoms with Gasteiger partial charge in [0.2, 0.25) is 5.89 Å². The van der Waals surface area contributed by atoms with Crippen molar-refractivity contribution in [2.45, 2.75) is 39.7 Å². The first-order valence-electron chi connectivity index (χ1n) is 10.2. The third-order valence-corrected chi connectivity index (χ3v) is 5.21. The van der Waals surface area contributed by atoms with Gasteiger partial charge in [0.1, 0.15) is 11.5 Å². The molecule has 2 aromatic carbocycles. The van der Waals surface area contributed by atoms with Gasteiger partial charge in [0.15, 0.2) is 6.10 Å². The van der Waals surface area contributed by atoms with Gasteiger partial charge in [-0.15, -0.1) is 0 Å².